The van der Waals surface area contributed by atoms with Gasteiger partial charge in [0.05, 0.1) is 12.8 Å². The summed E-state index contributed by atoms with van der Waals surface area (Å²) in [6, 6.07) is 6.00. The van der Waals surface area contributed by atoms with Gasteiger partial charge in [-0.25, -0.2) is 14.4 Å². The zero-order valence-corrected chi connectivity index (χ0v) is 31.8. The lowest BCUT2D eigenvalue weighted by atomic mass is 9.98. The van der Waals surface area contributed by atoms with E-state index < -0.39 is 132 Å². The first-order valence-electron chi connectivity index (χ1n) is 17.9. The van der Waals surface area contributed by atoms with Crippen LogP contribution in [0.5, 0.6) is 34.5 Å². The van der Waals surface area contributed by atoms with Gasteiger partial charge in [0.25, 0.3) is 0 Å². The van der Waals surface area contributed by atoms with Crippen molar-refractivity contribution in [1.82, 2.24) is 0 Å². The van der Waals surface area contributed by atoms with Crippen molar-refractivity contribution < 1.29 is 83.1 Å². The molecule has 17 nitrogen and oxygen atoms in total. The molecule has 0 saturated heterocycles. The molecular weight excluding hydrogens is 752 g/mol. The number of rotatable bonds is 0. The first-order valence-corrected chi connectivity index (χ1v) is 17.9. The number of phenols is 6. The summed E-state index contributed by atoms with van der Waals surface area (Å²) >= 11 is 0. The molecule has 3 aromatic rings. The van der Waals surface area contributed by atoms with E-state index in [0.29, 0.717) is 0 Å². The van der Waals surface area contributed by atoms with Gasteiger partial charge in [-0.3, -0.25) is 14.4 Å². The van der Waals surface area contributed by atoms with Gasteiger partial charge in [0.1, 0.15) is 87.5 Å². The predicted molar refractivity (Wildman–Crippen MR) is 195 cm³/mol. The summed E-state index contributed by atoms with van der Waals surface area (Å²) in [5, 5.41) is 62.3. The second-order valence-electron chi connectivity index (χ2n) is 14.0. The van der Waals surface area contributed by atoms with E-state index in [9.17, 15) is 59.4 Å². The third-order valence-electron chi connectivity index (χ3n) is 8.58. The van der Waals surface area contributed by atoms with E-state index in [1.165, 1.54) is 34.6 Å². The van der Waals surface area contributed by atoms with Crippen molar-refractivity contribution in [2.75, 3.05) is 0 Å². The monoisotopic (exact) mass is 796 g/mol. The first-order chi connectivity index (χ1) is 26.7. The summed E-state index contributed by atoms with van der Waals surface area (Å²) in [5.41, 5.74) is -1.33. The Morgan fingerprint density at radius 1 is 0.404 bits per heavy atom. The maximum atomic E-state index is 13.3. The molecule has 0 bridgehead atoms. The Labute approximate surface area is 326 Å². The molecule has 0 fully saturated rings. The van der Waals surface area contributed by atoms with Crippen LogP contribution >= 0.6 is 0 Å². The summed E-state index contributed by atoms with van der Waals surface area (Å²) in [6.07, 6.45) is -7.66. The number of benzene rings is 3. The molecule has 5 atom stereocenters. The van der Waals surface area contributed by atoms with Gasteiger partial charge in [0.15, 0.2) is 0 Å². The number of phenolic OH excluding ortho intramolecular Hbond substituents is 6. The highest BCUT2D eigenvalue weighted by Gasteiger charge is 2.29. The maximum absolute atomic E-state index is 13.3. The van der Waals surface area contributed by atoms with Crippen LogP contribution in [-0.2, 0) is 57.3 Å². The molecule has 306 valence electrons. The summed E-state index contributed by atoms with van der Waals surface area (Å²) in [4.78, 5) is 78.7. The molecular formula is C40H44O17. The number of cyclic esters (lactones) is 5. The van der Waals surface area contributed by atoms with Crippen molar-refractivity contribution in [3.63, 3.8) is 0 Å². The zero-order valence-electron chi connectivity index (χ0n) is 31.8. The van der Waals surface area contributed by atoms with Crippen molar-refractivity contribution in [3.05, 3.63) is 69.8 Å². The van der Waals surface area contributed by atoms with E-state index in [-0.39, 0.29) is 40.7 Å². The molecule has 6 N–H and O–H groups in total. The van der Waals surface area contributed by atoms with Gasteiger partial charge in [-0.05, 0) is 69.5 Å². The van der Waals surface area contributed by atoms with Crippen molar-refractivity contribution in [1.29, 1.82) is 0 Å². The average molecular weight is 797 g/mol. The number of carbonyl (C=O) groups is 6. The molecule has 0 radical (unpaired) electrons. The Morgan fingerprint density at radius 3 is 1.07 bits per heavy atom. The Bertz CT molecular complexity index is 2050. The normalized spacial score (nSPS) is 22.5. The van der Waals surface area contributed by atoms with E-state index >= 15 is 0 Å². The highest BCUT2D eigenvalue weighted by Crippen LogP contribution is 2.33. The molecule has 3 aromatic carbocycles. The number of ketones is 1. The fraction of sp³-hybridized carbons (Fsp3) is 0.400. The van der Waals surface area contributed by atoms with Crippen molar-refractivity contribution >= 4 is 35.6 Å². The summed E-state index contributed by atoms with van der Waals surface area (Å²) in [7, 11) is 0. The Kier molecular flexibility index (Phi) is 14.0. The summed E-state index contributed by atoms with van der Waals surface area (Å²) < 4.78 is 27.1. The summed E-state index contributed by atoms with van der Waals surface area (Å²) in [5.74, 6) is -8.97. The van der Waals surface area contributed by atoms with Gasteiger partial charge in [-0.1, -0.05) is 0 Å². The number of hydrogen-bond donors (Lipinski definition) is 6. The molecule has 5 unspecified atom stereocenters. The Hall–Kier alpha value is -6.52. The van der Waals surface area contributed by atoms with Crippen LogP contribution in [0.1, 0.15) is 102 Å². The van der Waals surface area contributed by atoms with Crippen LogP contribution in [0.4, 0.5) is 0 Å². The van der Waals surface area contributed by atoms with Crippen LogP contribution in [0.3, 0.4) is 0 Å². The molecule has 0 spiro atoms. The minimum absolute atomic E-state index is 0.0202. The van der Waals surface area contributed by atoms with Crippen molar-refractivity contribution in [2.24, 2.45) is 0 Å². The molecule has 1 heterocycles. The largest absolute Gasteiger partial charge is 0.508 e. The molecule has 57 heavy (non-hydrogen) atoms. The minimum atomic E-state index is -1.15. The Balaban J connectivity index is 1.67. The number of carbonyl (C=O) groups excluding carboxylic acids is 6. The van der Waals surface area contributed by atoms with E-state index in [1.807, 2.05) is 0 Å². The van der Waals surface area contributed by atoms with Crippen LogP contribution in [0.15, 0.2) is 36.4 Å². The number of esters is 5. The molecule has 0 aliphatic carbocycles. The van der Waals surface area contributed by atoms with Gasteiger partial charge in [0.2, 0.25) is 0 Å². The van der Waals surface area contributed by atoms with Crippen LogP contribution in [0.2, 0.25) is 0 Å². The highest BCUT2D eigenvalue weighted by molar-refractivity contribution is 5.97. The molecule has 1 aliphatic rings. The first kappa shape index (κ1) is 43.2. The zero-order chi connectivity index (χ0) is 42.3. The quantitative estimate of drug-likeness (QED) is 0.137. The van der Waals surface area contributed by atoms with Crippen LogP contribution in [0.25, 0.3) is 0 Å². The van der Waals surface area contributed by atoms with E-state index in [2.05, 4.69) is 0 Å². The lowest BCUT2D eigenvalue weighted by molar-refractivity contribution is -0.151. The number of ether oxygens (including phenoxy) is 5. The molecule has 0 aromatic heterocycles. The third kappa shape index (κ3) is 11.7. The van der Waals surface area contributed by atoms with Crippen molar-refractivity contribution in [3.8, 4) is 34.5 Å². The van der Waals surface area contributed by atoms with Gasteiger partial charge in [-0.15, -0.1) is 0 Å². The molecule has 0 saturated carbocycles. The number of Topliss-reactive ketones (excluding diaryl/α,β-unsaturated/α-hetero) is 1. The average Bonchev–Trinajstić information content (AvgIpc) is 3.02. The van der Waals surface area contributed by atoms with E-state index in [1.54, 1.807) is 0 Å². The second-order valence-corrected chi connectivity index (χ2v) is 14.0. The lowest BCUT2D eigenvalue weighted by Crippen LogP contribution is -2.26. The number of fused-ring (bicyclic) bond motifs is 3. The number of aromatic hydroxyl groups is 6. The molecule has 0 amide bonds. The third-order valence-corrected chi connectivity index (χ3v) is 8.58. The van der Waals surface area contributed by atoms with Crippen LogP contribution in [-0.4, -0.2) is 96.8 Å². The van der Waals surface area contributed by atoms with Gasteiger partial charge in [-0.2, -0.15) is 0 Å². The molecule has 17 heteroatoms. The Morgan fingerprint density at radius 2 is 0.702 bits per heavy atom. The standard InChI is InChI=1S/C40H44O17/c1-18-6-23-11-27(42)15-30(45)35(23)38(50)55-20(3)8-26(41)13-25-14-29(44)17-32(47)37(25)40(52)57-22(5)10-34(49)54-19(2)7-24-12-28(43)16-31(46)36(24)39(51)56-21(4)9-33(48)53-18/h11-12,14-22,42-47H,6-10,13H2,1-5H3. The smallest absolute Gasteiger partial charge is 0.342 e. The van der Waals surface area contributed by atoms with Gasteiger partial charge in [0, 0.05) is 43.9 Å². The molecule has 1 aliphatic heterocycles. The second kappa shape index (κ2) is 18.4. The fourth-order valence-corrected chi connectivity index (χ4v) is 6.35. The summed E-state index contributed by atoms with van der Waals surface area (Å²) in [6.45, 7) is 7.05. The fourth-order valence-electron chi connectivity index (χ4n) is 6.35. The van der Waals surface area contributed by atoms with Crippen molar-refractivity contribution in [2.45, 2.75) is 104 Å². The topological polar surface area (TPSA) is 270 Å². The number of hydrogen-bond acceptors (Lipinski definition) is 17. The van der Waals surface area contributed by atoms with E-state index in [0.717, 1.165) is 36.4 Å². The SMILES string of the molecule is CC1Cc2cc(O)cc(O)c2C(=O)OC(C)CC(=O)Cc2cc(O)cc(O)c2C(=O)OC(C)CC(=O)OC(C)Cc2cc(O)cc(O)c2C(=O)OC(C)CC(=O)O1. The van der Waals surface area contributed by atoms with Crippen LogP contribution in [0, 0.1) is 0 Å². The van der Waals surface area contributed by atoms with Crippen LogP contribution < -0.4 is 0 Å². The van der Waals surface area contributed by atoms with Gasteiger partial charge < -0.3 is 54.3 Å². The lowest BCUT2D eigenvalue weighted by Gasteiger charge is -2.20. The highest BCUT2D eigenvalue weighted by atomic mass is 16.6. The maximum Gasteiger partial charge on any atom is 0.342 e. The van der Waals surface area contributed by atoms with E-state index in [4.69, 9.17) is 23.7 Å². The predicted octanol–water partition coefficient (Wildman–Crippen LogP) is 4.20. The minimum Gasteiger partial charge on any atom is -0.508 e. The van der Waals surface area contributed by atoms with Gasteiger partial charge >= 0.3 is 29.8 Å². The molecule has 4 rings (SSSR count).